The van der Waals surface area contributed by atoms with Crippen LogP contribution in [-0.4, -0.2) is 16.0 Å². The number of pyridine rings is 1. The molecule has 0 radical (unpaired) electrons. The molecular formula is C9H6BrN3O2. The molecule has 0 aliphatic carbocycles. The van der Waals surface area contributed by atoms with Gasteiger partial charge < -0.3 is 9.84 Å². The first-order chi connectivity index (χ1) is 7.25. The molecule has 15 heavy (non-hydrogen) atoms. The summed E-state index contributed by atoms with van der Waals surface area (Å²) in [6.07, 6.45) is 2.93. The first kappa shape index (κ1) is 9.85. The highest BCUT2D eigenvalue weighted by molar-refractivity contribution is 9.10. The van der Waals surface area contributed by atoms with Gasteiger partial charge in [-0.3, -0.25) is 4.79 Å². The largest absolute Gasteiger partial charge is 0.363 e. The number of halogens is 1. The Balaban J connectivity index is 2.15. The summed E-state index contributed by atoms with van der Waals surface area (Å²) >= 11 is 3.18. The molecule has 0 aromatic carbocycles. The molecule has 5 nitrogen and oxygen atoms in total. The Morgan fingerprint density at radius 2 is 2.33 bits per heavy atom. The molecule has 2 aromatic heterocycles. The molecule has 0 saturated carbocycles. The van der Waals surface area contributed by atoms with Crippen molar-refractivity contribution in [3.63, 3.8) is 0 Å². The van der Waals surface area contributed by atoms with Crippen molar-refractivity contribution in [3.8, 4) is 0 Å². The van der Waals surface area contributed by atoms with Crippen LogP contribution in [0.25, 0.3) is 0 Å². The SMILES string of the molecule is O=C(Nc1ccon1)c1ccnc(Br)c1. The monoisotopic (exact) mass is 267 g/mol. The average molecular weight is 268 g/mol. The summed E-state index contributed by atoms with van der Waals surface area (Å²) in [5.74, 6) is 0.125. The lowest BCUT2D eigenvalue weighted by Crippen LogP contribution is -2.12. The van der Waals surface area contributed by atoms with Crippen molar-refractivity contribution in [2.24, 2.45) is 0 Å². The highest BCUT2D eigenvalue weighted by Crippen LogP contribution is 2.10. The fourth-order valence-electron chi connectivity index (χ4n) is 1.01. The molecule has 2 heterocycles. The van der Waals surface area contributed by atoms with Gasteiger partial charge in [0.15, 0.2) is 5.82 Å². The molecule has 0 aliphatic rings. The van der Waals surface area contributed by atoms with E-state index in [4.69, 9.17) is 0 Å². The lowest BCUT2D eigenvalue weighted by molar-refractivity contribution is 0.102. The number of carbonyl (C=O) groups excluding carboxylic acids is 1. The number of hydrogen-bond donors (Lipinski definition) is 1. The van der Waals surface area contributed by atoms with Crippen molar-refractivity contribution < 1.29 is 9.32 Å². The minimum absolute atomic E-state index is 0.257. The van der Waals surface area contributed by atoms with Crippen LogP contribution in [0.2, 0.25) is 0 Å². The van der Waals surface area contributed by atoms with Gasteiger partial charge in [-0.2, -0.15) is 0 Å². The molecule has 1 amide bonds. The van der Waals surface area contributed by atoms with Gasteiger partial charge in [-0.1, -0.05) is 5.16 Å². The van der Waals surface area contributed by atoms with Gasteiger partial charge in [-0.05, 0) is 28.1 Å². The van der Waals surface area contributed by atoms with Gasteiger partial charge in [0, 0.05) is 17.8 Å². The highest BCUT2D eigenvalue weighted by atomic mass is 79.9. The third kappa shape index (κ3) is 2.41. The summed E-state index contributed by atoms with van der Waals surface area (Å²) < 4.78 is 5.20. The molecule has 0 spiro atoms. The van der Waals surface area contributed by atoms with E-state index in [2.05, 4.69) is 35.9 Å². The maximum absolute atomic E-state index is 11.6. The van der Waals surface area contributed by atoms with E-state index >= 15 is 0 Å². The van der Waals surface area contributed by atoms with Gasteiger partial charge >= 0.3 is 0 Å². The predicted octanol–water partition coefficient (Wildman–Crippen LogP) is 2.08. The molecule has 0 unspecified atom stereocenters. The molecule has 6 heteroatoms. The third-order valence-electron chi connectivity index (χ3n) is 1.67. The molecule has 0 fully saturated rings. The van der Waals surface area contributed by atoms with Crippen LogP contribution >= 0.6 is 15.9 Å². The van der Waals surface area contributed by atoms with Crippen LogP contribution in [0.3, 0.4) is 0 Å². The second-order valence-corrected chi connectivity index (χ2v) is 3.52. The number of hydrogen-bond acceptors (Lipinski definition) is 4. The normalized spacial score (nSPS) is 9.93. The Bertz CT molecular complexity index is 470. The minimum atomic E-state index is -0.257. The molecule has 0 bridgehead atoms. The number of rotatable bonds is 2. The van der Waals surface area contributed by atoms with Gasteiger partial charge in [0.25, 0.3) is 5.91 Å². The number of nitrogens with one attached hydrogen (secondary N) is 1. The third-order valence-corrected chi connectivity index (χ3v) is 2.10. The fraction of sp³-hybridized carbons (Fsp3) is 0. The maximum atomic E-state index is 11.6. The molecule has 76 valence electrons. The standard InChI is InChI=1S/C9H6BrN3O2/c10-7-5-6(1-3-11-7)9(14)12-8-2-4-15-13-8/h1-5H,(H,12,13,14). The smallest absolute Gasteiger partial charge is 0.257 e. The lowest BCUT2D eigenvalue weighted by Gasteiger charge is -2.00. The zero-order valence-corrected chi connectivity index (χ0v) is 9.06. The van der Waals surface area contributed by atoms with Crippen LogP contribution in [0.4, 0.5) is 5.82 Å². The van der Waals surface area contributed by atoms with E-state index in [1.165, 1.54) is 6.26 Å². The summed E-state index contributed by atoms with van der Waals surface area (Å²) in [4.78, 5) is 15.5. The minimum Gasteiger partial charge on any atom is -0.363 e. The summed E-state index contributed by atoms with van der Waals surface area (Å²) in [5.41, 5.74) is 0.500. The molecule has 0 aliphatic heterocycles. The van der Waals surface area contributed by atoms with Gasteiger partial charge in [-0.25, -0.2) is 4.98 Å². The van der Waals surface area contributed by atoms with E-state index in [1.54, 1.807) is 24.4 Å². The molecule has 2 rings (SSSR count). The number of anilines is 1. The van der Waals surface area contributed by atoms with E-state index in [-0.39, 0.29) is 5.91 Å². The van der Waals surface area contributed by atoms with E-state index in [9.17, 15) is 4.79 Å². The quantitative estimate of drug-likeness (QED) is 0.847. The van der Waals surface area contributed by atoms with E-state index in [0.717, 1.165) is 0 Å². The van der Waals surface area contributed by atoms with Gasteiger partial charge in [0.1, 0.15) is 10.9 Å². The van der Waals surface area contributed by atoms with Gasteiger partial charge in [-0.15, -0.1) is 0 Å². The zero-order valence-electron chi connectivity index (χ0n) is 7.48. The summed E-state index contributed by atoms with van der Waals surface area (Å²) in [7, 11) is 0. The number of carbonyl (C=O) groups is 1. The van der Waals surface area contributed by atoms with E-state index in [0.29, 0.717) is 16.0 Å². The van der Waals surface area contributed by atoms with Crippen molar-refractivity contribution in [2.45, 2.75) is 0 Å². The average Bonchev–Trinajstić information content (AvgIpc) is 2.70. The molecule has 0 saturated heterocycles. The van der Waals surface area contributed by atoms with Gasteiger partial charge in [0.05, 0.1) is 0 Å². The van der Waals surface area contributed by atoms with Crippen molar-refractivity contribution in [1.29, 1.82) is 0 Å². The number of amides is 1. The predicted molar refractivity (Wildman–Crippen MR) is 56.4 cm³/mol. The topological polar surface area (TPSA) is 68.0 Å². The Hall–Kier alpha value is -1.69. The Labute approximate surface area is 93.6 Å². The van der Waals surface area contributed by atoms with Gasteiger partial charge in [0.2, 0.25) is 0 Å². The first-order valence-corrected chi connectivity index (χ1v) is 4.88. The summed E-state index contributed by atoms with van der Waals surface area (Å²) in [5, 5.41) is 6.14. The zero-order chi connectivity index (χ0) is 10.7. The van der Waals surface area contributed by atoms with Crippen molar-refractivity contribution in [3.05, 3.63) is 40.8 Å². The van der Waals surface area contributed by atoms with Crippen LogP contribution in [0.5, 0.6) is 0 Å². The molecular weight excluding hydrogens is 262 g/mol. The highest BCUT2D eigenvalue weighted by Gasteiger charge is 2.07. The van der Waals surface area contributed by atoms with E-state index < -0.39 is 0 Å². The van der Waals surface area contributed by atoms with Crippen molar-refractivity contribution >= 4 is 27.7 Å². The second-order valence-electron chi connectivity index (χ2n) is 2.71. The summed E-state index contributed by atoms with van der Waals surface area (Å²) in [6.45, 7) is 0. The Kier molecular flexibility index (Phi) is 2.77. The van der Waals surface area contributed by atoms with Crippen LogP contribution in [0.1, 0.15) is 10.4 Å². The second kappa shape index (κ2) is 4.22. The molecule has 2 aromatic rings. The number of nitrogens with zero attached hydrogens (tertiary/aromatic N) is 2. The van der Waals surface area contributed by atoms with Crippen LogP contribution < -0.4 is 5.32 Å². The lowest BCUT2D eigenvalue weighted by atomic mass is 10.2. The van der Waals surface area contributed by atoms with Crippen molar-refractivity contribution in [2.75, 3.05) is 5.32 Å². The molecule has 1 N–H and O–H groups in total. The van der Waals surface area contributed by atoms with E-state index in [1.807, 2.05) is 0 Å². The fourth-order valence-corrected chi connectivity index (χ4v) is 1.37. The Morgan fingerprint density at radius 1 is 1.47 bits per heavy atom. The summed E-state index contributed by atoms with van der Waals surface area (Å²) in [6, 6.07) is 4.80. The maximum Gasteiger partial charge on any atom is 0.257 e. The van der Waals surface area contributed by atoms with Crippen molar-refractivity contribution in [1.82, 2.24) is 10.1 Å². The van der Waals surface area contributed by atoms with Crippen LogP contribution in [0.15, 0.2) is 39.8 Å². The Morgan fingerprint density at radius 3 is 3.00 bits per heavy atom. The molecule has 0 atom stereocenters. The number of aromatic nitrogens is 2. The first-order valence-electron chi connectivity index (χ1n) is 4.09. The van der Waals surface area contributed by atoms with Crippen LogP contribution in [0, 0.1) is 0 Å². The van der Waals surface area contributed by atoms with Crippen LogP contribution in [-0.2, 0) is 0 Å².